The molecule has 6 heteroatoms. The van der Waals surface area contributed by atoms with E-state index in [1.807, 2.05) is 6.07 Å². The molecule has 4 rings (SSSR count). The first-order valence-corrected chi connectivity index (χ1v) is 10.1. The molecule has 1 aromatic carbocycles. The van der Waals surface area contributed by atoms with Crippen LogP contribution >= 0.6 is 27.3 Å². The lowest BCUT2D eigenvalue weighted by Crippen LogP contribution is -2.27. The van der Waals surface area contributed by atoms with E-state index in [0.29, 0.717) is 18.2 Å². The first kappa shape index (κ1) is 16.8. The molecule has 130 valence electrons. The summed E-state index contributed by atoms with van der Waals surface area (Å²) in [7, 11) is 0. The lowest BCUT2D eigenvalue weighted by atomic mass is 9.85. The first-order valence-electron chi connectivity index (χ1n) is 8.40. The van der Waals surface area contributed by atoms with Gasteiger partial charge >= 0.3 is 0 Å². The van der Waals surface area contributed by atoms with Gasteiger partial charge in [0.15, 0.2) is 0 Å². The monoisotopic (exact) mass is 420 g/mol. The van der Waals surface area contributed by atoms with Gasteiger partial charge < -0.3 is 9.88 Å². The van der Waals surface area contributed by atoms with Gasteiger partial charge in [-0.3, -0.25) is 4.79 Å². The van der Waals surface area contributed by atoms with E-state index < -0.39 is 0 Å². The predicted octanol–water partition coefficient (Wildman–Crippen LogP) is 5.33. The molecule has 0 unspecified atom stereocenters. The fourth-order valence-corrected chi connectivity index (χ4v) is 4.91. The number of fused-ring (bicyclic) bond motifs is 1. The van der Waals surface area contributed by atoms with Gasteiger partial charge in [-0.2, -0.15) is 0 Å². The average Bonchev–Trinajstić information content (AvgIpc) is 3.10. The Bertz CT molecular complexity index is 912. The van der Waals surface area contributed by atoms with Crippen molar-refractivity contribution in [1.29, 1.82) is 0 Å². The van der Waals surface area contributed by atoms with Crippen LogP contribution in [-0.2, 0) is 13.1 Å². The van der Waals surface area contributed by atoms with Gasteiger partial charge in [0.05, 0.1) is 14.7 Å². The molecule has 0 spiro atoms. The van der Waals surface area contributed by atoms with Gasteiger partial charge in [0.25, 0.3) is 5.91 Å². The van der Waals surface area contributed by atoms with Gasteiger partial charge in [-0.1, -0.05) is 18.6 Å². The zero-order valence-electron chi connectivity index (χ0n) is 13.6. The summed E-state index contributed by atoms with van der Waals surface area (Å²) in [6, 6.07) is 8.18. The van der Waals surface area contributed by atoms with Crippen LogP contribution in [-0.4, -0.2) is 10.5 Å². The quantitative estimate of drug-likeness (QED) is 0.593. The molecular formula is C19H18BrFN2OS. The van der Waals surface area contributed by atoms with Crippen LogP contribution in [0.15, 0.2) is 40.2 Å². The topological polar surface area (TPSA) is 34.0 Å². The van der Waals surface area contributed by atoms with Gasteiger partial charge in [0, 0.05) is 18.5 Å². The van der Waals surface area contributed by atoms with Gasteiger partial charge in [0.2, 0.25) is 0 Å². The van der Waals surface area contributed by atoms with Gasteiger partial charge in [-0.05, 0) is 58.5 Å². The van der Waals surface area contributed by atoms with Gasteiger partial charge in [-0.25, -0.2) is 4.39 Å². The van der Waals surface area contributed by atoms with Crippen molar-refractivity contribution < 1.29 is 9.18 Å². The molecular weight excluding hydrogens is 403 g/mol. The molecule has 0 atom stereocenters. The minimum Gasteiger partial charge on any atom is -0.347 e. The highest BCUT2D eigenvalue weighted by atomic mass is 79.9. The third kappa shape index (κ3) is 3.37. The largest absolute Gasteiger partial charge is 0.347 e. The zero-order chi connectivity index (χ0) is 17.4. The fourth-order valence-electron chi connectivity index (χ4n) is 3.22. The van der Waals surface area contributed by atoms with Crippen molar-refractivity contribution >= 4 is 43.4 Å². The summed E-state index contributed by atoms with van der Waals surface area (Å²) in [5.74, 6) is 0.305. The summed E-state index contributed by atoms with van der Waals surface area (Å²) in [5, 5.41) is 5.03. The molecule has 1 fully saturated rings. The second kappa shape index (κ2) is 6.92. The average molecular weight is 421 g/mol. The molecule has 1 saturated carbocycles. The van der Waals surface area contributed by atoms with Crippen molar-refractivity contribution in [2.75, 3.05) is 0 Å². The normalized spacial score (nSPS) is 14.6. The van der Waals surface area contributed by atoms with E-state index in [1.165, 1.54) is 31.4 Å². The smallest absolute Gasteiger partial charge is 0.268 e. The SMILES string of the molecule is O=C(NCc1ccc(F)cc1)c1cc2scc(Br)c2n1CC1CCC1. The molecule has 25 heavy (non-hydrogen) atoms. The van der Waals surface area contributed by atoms with Crippen molar-refractivity contribution in [2.45, 2.75) is 32.4 Å². The molecule has 1 N–H and O–H groups in total. The number of hydrogen-bond donors (Lipinski definition) is 1. The number of benzene rings is 1. The highest BCUT2D eigenvalue weighted by molar-refractivity contribution is 9.10. The van der Waals surface area contributed by atoms with Crippen molar-refractivity contribution in [3.63, 3.8) is 0 Å². The van der Waals surface area contributed by atoms with Crippen LogP contribution in [0, 0.1) is 11.7 Å². The Kier molecular flexibility index (Phi) is 4.65. The fraction of sp³-hybridized carbons (Fsp3) is 0.316. The van der Waals surface area contributed by atoms with E-state index in [0.717, 1.165) is 26.8 Å². The minimum atomic E-state index is -0.269. The van der Waals surface area contributed by atoms with E-state index in [-0.39, 0.29) is 11.7 Å². The summed E-state index contributed by atoms with van der Waals surface area (Å²) in [5.41, 5.74) is 2.70. The molecule has 1 aliphatic carbocycles. The Morgan fingerprint density at radius 2 is 2.08 bits per heavy atom. The number of amides is 1. The van der Waals surface area contributed by atoms with Crippen molar-refractivity contribution in [2.24, 2.45) is 5.92 Å². The second-order valence-corrected chi connectivity index (χ2v) is 8.31. The number of rotatable bonds is 5. The number of nitrogens with zero attached hydrogens (tertiary/aromatic N) is 1. The number of hydrogen-bond acceptors (Lipinski definition) is 2. The summed E-state index contributed by atoms with van der Waals surface area (Å²) < 4.78 is 17.3. The number of halogens is 2. The standard InChI is InChI=1S/C19H18BrFN2OS/c20-15-11-25-17-8-16(23(18(15)17)10-13-2-1-3-13)19(24)22-9-12-4-6-14(21)7-5-12/h4-8,11,13H,1-3,9-10H2,(H,22,24). The lowest BCUT2D eigenvalue weighted by Gasteiger charge is -2.27. The van der Waals surface area contributed by atoms with Crippen LogP contribution in [0.4, 0.5) is 4.39 Å². The highest BCUT2D eigenvalue weighted by Gasteiger charge is 2.24. The number of thiophene rings is 1. The van der Waals surface area contributed by atoms with E-state index in [9.17, 15) is 9.18 Å². The van der Waals surface area contributed by atoms with Gasteiger partial charge in [-0.15, -0.1) is 11.3 Å². The molecule has 0 saturated heterocycles. The maximum Gasteiger partial charge on any atom is 0.268 e. The van der Waals surface area contributed by atoms with E-state index in [2.05, 4.69) is 31.2 Å². The Balaban J connectivity index is 1.57. The number of carbonyl (C=O) groups excluding carboxylic acids is 1. The Morgan fingerprint density at radius 3 is 2.76 bits per heavy atom. The molecule has 3 aromatic rings. The van der Waals surface area contributed by atoms with Crippen LogP contribution in [0.5, 0.6) is 0 Å². The third-order valence-corrected chi connectivity index (χ3v) is 6.67. The molecule has 3 nitrogen and oxygen atoms in total. The molecule has 2 aromatic heterocycles. The van der Waals surface area contributed by atoms with Crippen LogP contribution in [0.3, 0.4) is 0 Å². The molecule has 2 heterocycles. The third-order valence-electron chi connectivity index (χ3n) is 4.84. The Labute approximate surface area is 158 Å². The second-order valence-electron chi connectivity index (χ2n) is 6.54. The summed E-state index contributed by atoms with van der Waals surface area (Å²) in [6.45, 7) is 1.28. The Hall–Kier alpha value is -1.66. The highest BCUT2D eigenvalue weighted by Crippen LogP contribution is 2.36. The minimum absolute atomic E-state index is 0.0843. The maximum absolute atomic E-state index is 13.0. The summed E-state index contributed by atoms with van der Waals surface area (Å²) >= 11 is 5.26. The molecule has 1 amide bonds. The zero-order valence-corrected chi connectivity index (χ0v) is 16.0. The van der Waals surface area contributed by atoms with Gasteiger partial charge in [0.1, 0.15) is 11.5 Å². The van der Waals surface area contributed by atoms with Crippen molar-refractivity contribution in [3.8, 4) is 0 Å². The maximum atomic E-state index is 13.0. The first-order chi connectivity index (χ1) is 12.1. The number of carbonyl (C=O) groups is 1. The Morgan fingerprint density at radius 1 is 1.32 bits per heavy atom. The molecule has 1 aliphatic rings. The van der Waals surface area contributed by atoms with E-state index in [4.69, 9.17) is 0 Å². The number of nitrogens with one attached hydrogen (secondary N) is 1. The van der Waals surface area contributed by atoms with Crippen LogP contribution in [0.2, 0.25) is 0 Å². The van der Waals surface area contributed by atoms with Crippen molar-refractivity contribution in [1.82, 2.24) is 9.88 Å². The lowest BCUT2D eigenvalue weighted by molar-refractivity contribution is 0.0939. The summed E-state index contributed by atoms with van der Waals surface area (Å²) in [4.78, 5) is 12.8. The van der Waals surface area contributed by atoms with Crippen LogP contribution < -0.4 is 5.32 Å². The molecule has 0 radical (unpaired) electrons. The predicted molar refractivity (Wildman–Crippen MR) is 102 cm³/mol. The van der Waals surface area contributed by atoms with E-state index in [1.54, 1.807) is 23.5 Å². The molecule has 0 bridgehead atoms. The molecule has 0 aliphatic heterocycles. The van der Waals surface area contributed by atoms with E-state index >= 15 is 0 Å². The van der Waals surface area contributed by atoms with Crippen LogP contribution in [0.25, 0.3) is 10.2 Å². The number of aromatic nitrogens is 1. The van der Waals surface area contributed by atoms with Crippen LogP contribution in [0.1, 0.15) is 35.3 Å². The van der Waals surface area contributed by atoms with Crippen molar-refractivity contribution in [3.05, 3.63) is 57.3 Å². The summed E-state index contributed by atoms with van der Waals surface area (Å²) in [6.07, 6.45) is 3.75.